The van der Waals surface area contributed by atoms with Gasteiger partial charge >= 0.3 is 6.03 Å². The van der Waals surface area contributed by atoms with Crippen LogP contribution in [-0.4, -0.2) is 37.4 Å². The van der Waals surface area contributed by atoms with E-state index in [2.05, 4.69) is 22.5 Å². The predicted molar refractivity (Wildman–Crippen MR) is 87.9 cm³/mol. The molecule has 118 valence electrons. The Morgan fingerprint density at radius 2 is 2.00 bits per heavy atom. The quantitative estimate of drug-likeness (QED) is 0.724. The van der Waals surface area contributed by atoms with E-state index >= 15 is 0 Å². The SMILES string of the molecule is CCN(C)c1ccccc1NC(=O)NC[C@H](C)C[C@H](C)O. The van der Waals surface area contributed by atoms with E-state index in [9.17, 15) is 9.90 Å². The van der Waals surface area contributed by atoms with Crippen molar-refractivity contribution in [1.29, 1.82) is 0 Å². The molecule has 0 heterocycles. The van der Waals surface area contributed by atoms with E-state index in [1.54, 1.807) is 6.92 Å². The Bertz CT molecular complexity index is 449. The number of nitrogens with one attached hydrogen (secondary N) is 2. The molecule has 5 heteroatoms. The number of nitrogens with zero attached hydrogens (tertiary/aromatic N) is 1. The highest BCUT2D eigenvalue weighted by Crippen LogP contribution is 2.24. The van der Waals surface area contributed by atoms with E-state index in [1.165, 1.54) is 0 Å². The summed E-state index contributed by atoms with van der Waals surface area (Å²) in [7, 11) is 1.99. The summed E-state index contributed by atoms with van der Waals surface area (Å²) in [6, 6.07) is 7.51. The fourth-order valence-corrected chi connectivity index (χ4v) is 2.18. The van der Waals surface area contributed by atoms with Crippen LogP contribution in [0.4, 0.5) is 16.2 Å². The maximum absolute atomic E-state index is 12.0. The highest BCUT2D eigenvalue weighted by atomic mass is 16.3. The van der Waals surface area contributed by atoms with Gasteiger partial charge in [-0.25, -0.2) is 4.79 Å². The predicted octanol–water partition coefficient (Wildman–Crippen LogP) is 2.67. The van der Waals surface area contributed by atoms with Crippen LogP contribution in [-0.2, 0) is 0 Å². The van der Waals surface area contributed by atoms with Gasteiger partial charge in [0.15, 0.2) is 0 Å². The molecule has 0 radical (unpaired) electrons. The van der Waals surface area contributed by atoms with Gasteiger partial charge in [-0.2, -0.15) is 0 Å². The van der Waals surface area contributed by atoms with Crippen LogP contribution in [0.5, 0.6) is 0 Å². The highest BCUT2D eigenvalue weighted by Gasteiger charge is 2.11. The van der Waals surface area contributed by atoms with Crippen molar-refractivity contribution in [1.82, 2.24) is 5.32 Å². The lowest BCUT2D eigenvalue weighted by Crippen LogP contribution is -2.33. The molecule has 0 spiro atoms. The lowest BCUT2D eigenvalue weighted by Gasteiger charge is -2.21. The Labute approximate surface area is 127 Å². The average Bonchev–Trinajstić information content (AvgIpc) is 2.44. The molecule has 1 rings (SSSR count). The zero-order valence-corrected chi connectivity index (χ0v) is 13.4. The first-order valence-corrected chi connectivity index (χ1v) is 7.47. The van der Waals surface area contributed by atoms with Gasteiger partial charge in [0.25, 0.3) is 0 Å². The number of hydrogen-bond donors (Lipinski definition) is 3. The van der Waals surface area contributed by atoms with Gasteiger partial charge in [0.05, 0.1) is 17.5 Å². The molecular formula is C16H27N3O2. The summed E-state index contributed by atoms with van der Waals surface area (Å²) in [6.07, 6.45) is 0.332. The molecule has 1 aromatic carbocycles. The van der Waals surface area contributed by atoms with Gasteiger partial charge in [-0.3, -0.25) is 0 Å². The van der Waals surface area contributed by atoms with Crippen LogP contribution >= 0.6 is 0 Å². The Morgan fingerprint density at radius 1 is 1.33 bits per heavy atom. The van der Waals surface area contributed by atoms with Crippen LogP contribution in [0.1, 0.15) is 27.2 Å². The van der Waals surface area contributed by atoms with Crippen molar-refractivity contribution < 1.29 is 9.90 Å². The van der Waals surface area contributed by atoms with Crippen molar-refractivity contribution in [2.75, 3.05) is 30.4 Å². The van der Waals surface area contributed by atoms with Crippen LogP contribution in [0.25, 0.3) is 0 Å². The third kappa shape index (κ3) is 6.04. The Morgan fingerprint density at radius 3 is 2.62 bits per heavy atom. The van der Waals surface area contributed by atoms with Crippen LogP contribution < -0.4 is 15.5 Å². The summed E-state index contributed by atoms with van der Waals surface area (Å²) < 4.78 is 0. The third-order valence-electron chi connectivity index (χ3n) is 3.39. The van der Waals surface area contributed by atoms with Crippen molar-refractivity contribution in [3.8, 4) is 0 Å². The molecule has 0 aromatic heterocycles. The Balaban J connectivity index is 2.55. The highest BCUT2D eigenvalue weighted by molar-refractivity contribution is 5.93. The number of aliphatic hydroxyl groups is 1. The summed E-state index contributed by atoms with van der Waals surface area (Å²) in [5, 5.41) is 15.0. The molecular weight excluding hydrogens is 266 g/mol. The van der Waals surface area contributed by atoms with Gasteiger partial charge in [-0.05, 0) is 38.3 Å². The van der Waals surface area contributed by atoms with E-state index in [0.29, 0.717) is 13.0 Å². The molecule has 0 aliphatic rings. The standard InChI is InChI=1S/C16H27N3O2/c1-5-19(4)15-9-7-6-8-14(15)18-16(21)17-11-12(2)10-13(3)20/h6-9,12-13,20H,5,10-11H2,1-4H3,(H2,17,18,21)/t12-,13+/m1/s1. The molecule has 0 fully saturated rings. The van der Waals surface area contributed by atoms with E-state index < -0.39 is 0 Å². The van der Waals surface area contributed by atoms with E-state index in [0.717, 1.165) is 17.9 Å². The first kappa shape index (κ1) is 17.3. The summed E-state index contributed by atoms with van der Waals surface area (Å²) in [5.41, 5.74) is 1.79. The second kappa shape index (κ2) is 8.52. The maximum Gasteiger partial charge on any atom is 0.319 e. The monoisotopic (exact) mass is 293 g/mol. The number of amides is 2. The molecule has 0 saturated carbocycles. The number of rotatable bonds is 7. The van der Waals surface area contributed by atoms with Gasteiger partial charge in [0.1, 0.15) is 0 Å². The largest absolute Gasteiger partial charge is 0.393 e. The van der Waals surface area contributed by atoms with Gasteiger partial charge in [0.2, 0.25) is 0 Å². The molecule has 2 amide bonds. The van der Waals surface area contributed by atoms with Crippen molar-refractivity contribution in [3.05, 3.63) is 24.3 Å². The Kier molecular flexibility index (Phi) is 7.02. The summed E-state index contributed by atoms with van der Waals surface area (Å²) in [4.78, 5) is 14.0. The zero-order chi connectivity index (χ0) is 15.8. The summed E-state index contributed by atoms with van der Waals surface area (Å²) >= 11 is 0. The van der Waals surface area contributed by atoms with Crippen molar-refractivity contribution in [2.45, 2.75) is 33.3 Å². The fraction of sp³-hybridized carbons (Fsp3) is 0.562. The second-order valence-electron chi connectivity index (χ2n) is 5.56. The number of benzene rings is 1. The lowest BCUT2D eigenvalue weighted by atomic mass is 10.1. The van der Waals surface area contributed by atoms with Crippen LogP contribution in [0.2, 0.25) is 0 Å². The van der Waals surface area contributed by atoms with Gasteiger partial charge in [0, 0.05) is 20.1 Å². The van der Waals surface area contributed by atoms with E-state index in [4.69, 9.17) is 0 Å². The minimum Gasteiger partial charge on any atom is -0.393 e. The Hall–Kier alpha value is -1.75. The van der Waals surface area contributed by atoms with Gasteiger partial charge in [-0.1, -0.05) is 19.1 Å². The molecule has 0 unspecified atom stereocenters. The summed E-state index contributed by atoms with van der Waals surface area (Å²) in [6.45, 7) is 7.24. The normalized spacial score (nSPS) is 13.4. The van der Waals surface area contributed by atoms with E-state index in [1.807, 2.05) is 38.2 Å². The first-order chi connectivity index (χ1) is 9.93. The maximum atomic E-state index is 12.0. The number of carbonyl (C=O) groups excluding carboxylic acids is 1. The van der Waals surface area contributed by atoms with Gasteiger partial charge < -0.3 is 20.6 Å². The molecule has 5 nitrogen and oxygen atoms in total. The molecule has 0 bridgehead atoms. The first-order valence-electron chi connectivity index (χ1n) is 7.47. The number of hydrogen-bond acceptors (Lipinski definition) is 3. The molecule has 21 heavy (non-hydrogen) atoms. The number of urea groups is 1. The fourth-order valence-electron chi connectivity index (χ4n) is 2.18. The zero-order valence-electron chi connectivity index (χ0n) is 13.4. The molecule has 3 N–H and O–H groups in total. The van der Waals surface area contributed by atoms with Gasteiger partial charge in [-0.15, -0.1) is 0 Å². The topological polar surface area (TPSA) is 64.6 Å². The van der Waals surface area contributed by atoms with Crippen LogP contribution in [0.15, 0.2) is 24.3 Å². The average molecular weight is 293 g/mol. The van der Waals surface area contributed by atoms with E-state index in [-0.39, 0.29) is 18.1 Å². The number of para-hydroxylation sites is 2. The minimum absolute atomic E-state index is 0.218. The second-order valence-corrected chi connectivity index (χ2v) is 5.56. The number of anilines is 2. The summed E-state index contributed by atoms with van der Waals surface area (Å²) in [5.74, 6) is 0.240. The van der Waals surface area contributed by atoms with Crippen molar-refractivity contribution in [2.24, 2.45) is 5.92 Å². The molecule has 1 aromatic rings. The van der Waals surface area contributed by atoms with Crippen molar-refractivity contribution in [3.63, 3.8) is 0 Å². The molecule has 0 aliphatic carbocycles. The van der Waals surface area contributed by atoms with Crippen LogP contribution in [0, 0.1) is 5.92 Å². The minimum atomic E-state index is -0.344. The molecule has 0 saturated heterocycles. The molecule has 0 aliphatic heterocycles. The third-order valence-corrected chi connectivity index (χ3v) is 3.39. The lowest BCUT2D eigenvalue weighted by molar-refractivity contribution is 0.163. The number of aliphatic hydroxyl groups excluding tert-OH is 1. The smallest absolute Gasteiger partial charge is 0.319 e. The number of carbonyl (C=O) groups is 1. The van der Waals surface area contributed by atoms with Crippen LogP contribution in [0.3, 0.4) is 0 Å². The molecule has 2 atom stereocenters. The van der Waals surface area contributed by atoms with Crippen molar-refractivity contribution >= 4 is 17.4 Å².